The highest BCUT2D eigenvalue weighted by Gasteiger charge is 2.22. The van der Waals surface area contributed by atoms with Gasteiger partial charge in [0.25, 0.3) is 20.0 Å². The molecule has 0 bridgehead atoms. The highest BCUT2D eigenvalue weighted by molar-refractivity contribution is 7.93. The SMILES string of the molecule is O=S(=O)(Nc1ccccc1NS(=O)(=O)c1ccccc1F)c1ccc(F)cc1. The monoisotopic (exact) mass is 424 g/mol. The third-order valence-electron chi connectivity index (χ3n) is 3.67. The minimum Gasteiger partial charge on any atom is -0.277 e. The van der Waals surface area contributed by atoms with Crippen molar-refractivity contribution in [3.8, 4) is 0 Å². The molecule has 28 heavy (non-hydrogen) atoms. The summed E-state index contributed by atoms with van der Waals surface area (Å²) in [5, 5.41) is 0. The highest BCUT2D eigenvalue weighted by atomic mass is 32.2. The fraction of sp³-hybridized carbons (Fsp3) is 0. The van der Waals surface area contributed by atoms with E-state index in [1.807, 2.05) is 0 Å². The topological polar surface area (TPSA) is 92.3 Å². The van der Waals surface area contributed by atoms with Crippen LogP contribution in [0.2, 0.25) is 0 Å². The Morgan fingerprint density at radius 2 is 1.11 bits per heavy atom. The zero-order valence-corrected chi connectivity index (χ0v) is 15.8. The van der Waals surface area contributed by atoms with Gasteiger partial charge in [-0.25, -0.2) is 25.6 Å². The fourth-order valence-electron chi connectivity index (χ4n) is 2.34. The Hall–Kier alpha value is -2.98. The predicted molar refractivity (Wildman–Crippen MR) is 101 cm³/mol. The van der Waals surface area contributed by atoms with Gasteiger partial charge in [-0.3, -0.25) is 9.44 Å². The Kier molecular flexibility index (Phi) is 5.34. The number of halogens is 2. The molecule has 0 heterocycles. The first kappa shape index (κ1) is 19.8. The first-order valence-electron chi connectivity index (χ1n) is 7.84. The zero-order chi connectivity index (χ0) is 20.4. The van der Waals surface area contributed by atoms with Crippen molar-refractivity contribution in [2.24, 2.45) is 0 Å². The van der Waals surface area contributed by atoms with Gasteiger partial charge in [0.15, 0.2) is 0 Å². The lowest BCUT2D eigenvalue weighted by Crippen LogP contribution is -2.18. The van der Waals surface area contributed by atoms with Crippen LogP contribution in [0.25, 0.3) is 0 Å². The summed E-state index contributed by atoms with van der Waals surface area (Å²) in [6, 6.07) is 14.5. The van der Waals surface area contributed by atoms with Crippen molar-refractivity contribution in [2.75, 3.05) is 9.44 Å². The summed E-state index contributed by atoms with van der Waals surface area (Å²) in [4.78, 5) is -0.785. The predicted octanol–water partition coefficient (Wildman–Crippen LogP) is 3.57. The number of para-hydroxylation sites is 2. The fourth-order valence-corrected chi connectivity index (χ4v) is 4.58. The van der Waals surface area contributed by atoms with Crippen LogP contribution in [-0.4, -0.2) is 16.8 Å². The molecular weight excluding hydrogens is 410 g/mol. The molecule has 0 saturated carbocycles. The summed E-state index contributed by atoms with van der Waals surface area (Å²) in [5.74, 6) is -1.55. The van der Waals surface area contributed by atoms with Crippen LogP contribution in [-0.2, 0) is 20.0 Å². The second-order valence-corrected chi connectivity index (χ2v) is 8.97. The molecule has 0 amide bonds. The number of hydrogen-bond donors (Lipinski definition) is 2. The van der Waals surface area contributed by atoms with E-state index in [2.05, 4.69) is 9.44 Å². The summed E-state index contributed by atoms with van der Waals surface area (Å²) in [5.41, 5.74) is -0.178. The van der Waals surface area contributed by atoms with Crippen LogP contribution in [0, 0.1) is 11.6 Å². The van der Waals surface area contributed by atoms with Gasteiger partial charge in [-0.2, -0.15) is 0 Å². The lowest BCUT2D eigenvalue weighted by atomic mass is 10.3. The summed E-state index contributed by atoms with van der Waals surface area (Å²) in [6.07, 6.45) is 0. The van der Waals surface area contributed by atoms with Crippen molar-refractivity contribution in [2.45, 2.75) is 9.79 Å². The van der Waals surface area contributed by atoms with Crippen LogP contribution in [0.1, 0.15) is 0 Å². The smallest absolute Gasteiger partial charge is 0.264 e. The third-order valence-corrected chi connectivity index (χ3v) is 6.45. The normalized spacial score (nSPS) is 11.8. The van der Waals surface area contributed by atoms with E-state index in [4.69, 9.17) is 0 Å². The summed E-state index contributed by atoms with van der Waals surface area (Å²) >= 11 is 0. The molecule has 0 aromatic heterocycles. The van der Waals surface area contributed by atoms with Crippen LogP contribution >= 0.6 is 0 Å². The Morgan fingerprint density at radius 1 is 0.607 bits per heavy atom. The molecule has 0 spiro atoms. The van der Waals surface area contributed by atoms with Crippen LogP contribution < -0.4 is 9.44 Å². The zero-order valence-electron chi connectivity index (χ0n) is 14.1. The first-order chi connectivity index (χ1) is 13.2. The molecule has 3 aromatic carbocycles. The Bertz CT molecular complexity index is 1210. The van der Waals surface area contributed by atoms with E-state index in [9.17, 15) is 25.6 Å². The molecule has 0 aliphatic carbocycles. The van der Waals surface area contributed by atoms with Gasteiger partial charge in [-0.05, 0) is 48.5 Å². The highest BCUT2D eigenvalue weighted by Crippen LogP contribution is 2.27. The van der Waals surface area contributed by atoms with E-state index in [0.29, 0.717) is 0 Å². The largest absolute Gasteiger partial charge is 0.277 e. The van der Waals surface area contributed by atoms with Crippen molar-refractivity contribution in [1.82, 2.24) is 0 Å². The van der Waals surface area contributed by atoms with Gasteiger partial charge >= 0.3 is 0 Å². The molecule has 0 radical (unpaired) electrons. The summed E-state index contributed by atoms with van der Waals surface area (Å²) in [7, 11) is -8.41. The number of nitrogens with one attached hydrogen (secondary N) is 2. The average molecular weight is 424 g/mol. The van der Waals surface area contributed by atoms with E-state index in [1.165, 1.54) is 36.4 Å². The molecule has 3 rings (SSSR count). The molecule has 2 N–H and O–H groups in total. The van der Waals surface area contributed by atoms with Gasteiger partial charge in [-0.1, -0.05) is 24.3 Å². The first-order valence-corrected chi connectivity index (χ1v) is 10.8. The Morgan fingerprint density at radius 3 is 1.68 bits per heavy atom. The Labute approximate surface area is 160 Å². The van der Waals surface area contributed by atoms with Crippen molar-refractivity contribution < 1.29 is 25.6 Å². The van der Waals surface area contributed by atoms with Crippen molar-refractivity contribution >= 4 is 31.4 Å². The quantitative estimate of drug-likeness (QED) is 0.633. The minimum atomic E-state index is -4.30. The molecule has 0 unspecified atom stereocenters. The van der Waals surface area contributed by atoms with E-state index in [0.717, 1.165) is 36.4 Å². The molecule has 0 fully saturated rings. The molecule has 0 aliphatic heterocycles. The second-order valence-electron chi connectivity index (χ2n) is 5.64. The van der Waals surface area contributed by atoms with E-state index in [-0.39, 0.29) is 16.3 Å². The van der Waals surface area contributed by atoms with Crippen LogP contribution in [0.15, 0.2) is 82.6 Å². The van der Waals surface area contributed by atoms with Crippen molar-refractivity contribution in [1.29, 1.82) is 0 Å². The third kappa shape index (κ3) is 4.29. The number of anilines is 2. The number of rotatable bonds is 6. The van der Waals surface area contributed by atoms with E-state index >= 15 is 0 Å². The summed E-state index contributed by atoms with van der Waals surface area (Å²) in [6.45, 7) is 0. The molecule has 3 aromatic rings. The molecule has 146 valence electrons. The standard InChI is InChI=1S/C18H14F2N2O4S2/c19-13-9-11-14(12-10-13)27(23,24)21-16-6-2-3-7-17(16)22-28(25,26)18-8-4-1-5-15(18)20/h1-12,21-22H. The molecule has 0 atom stereocenters. The van der Waals surface area contributed by atoms with E-state index in [1.54, 1.807) is 0 Å². The Balaban J connectivity index is 1.94. The molecule has 6 nitrogen and oxygen atoms in total. The van der Waals surface area contributed by atoms with Crippen molar-refractivity contribution in [3.63, 3.8) is 0 Å². The lowest BCUT2D eigenvalue weighted by Gasteiger charge is -2.15. The molecular formula is C18H14F2N2O4S2. The lowest BCUT2D eigenvalue weighted by molar-refractivity contribution is 0.570. The van der Waals surface area contributed by atoms with Gasteiger partial charge in [0.05, 0.1) is 16.3 Å². The van der Waals surface area contributed by atoms with Gasteiger partial charge in [-0.15, -0.1) is 0 Å². The van der Waals surface area contributed by atoms with Gasteiger partial charge in [0.2, 0.25) is 0 Å². The minimum absolute atomic E-state index is 0.0771. The van der Waals surface area contributed by atoms with Crippen molar-refractivity contribution in [3.05, 3.63) is 84.4 Å². The number of benzene rings is 3. The molecule has 0 saturated heterocycles. The van der Waals surface area contributed by atoms with Gasteiger partial charge < -0.3 is 0 Å². The number of sulfonamides is 2. The van der Waals surface area contributed by atoms with Crippen LogP contribution in [0.3, 0.4) is 0 Å². The second kappa shape index (κ2) is 7.56. The number of hydrogen-bond acceptors (Lipinski definition) is 4. The maximum Gasteiger partial charge on any atom is 0.264 e. The van der Waals surface area contributed by atoms with Gasteiger partial charge in [0.1, 0.15) is 16.5 Å². The molecule has 0 aliphatic rings. The van der Waals surface area contributed by atoms with Crippen LogP contribution in [0.4, 0.5) is 20.2 Å². The average Bonchev–Trinajstić information content (AvgIpc) is 2.63. The summed E-state index contributed by atoms with van der Waals surface area (Å²) < 4.78 is 81.2. The van der Waals surface area contributed by atoms with E-state index < -0.39 is 36.6 Å². The molecule has 10 heteroatoms. The van der Waals surface area contributed by atoms with Gasteiger partial charge in [0, 0.05) is 0 Å². The maximum atomic E-state index is 13.9. The van der Waals surface area contributed by atoms with Crippen LogP contribution in [0.5, 0.6) is 0 Å². The maximum absolute atomic E-state index is 13.9.